The van der Waals surface area contributed by atoms with Crippen LogP contribution in [0.25, 0.3) is 0 Å². The normalized spacial score (nSPS) is 27.4. The van der Waals surface area contributed by atoms with E-state index in [2.05, 4.69) is 34.2 Å². The Morgan fingerprint density at radius 2 is 1.90 bits per heavy atom. The van der Waals surface area contributed by atoms with E-state index in [1.54, 1.807) is 12.1 Å². The van der Waals surface area contributed by atoms with Crippen LogP contribution in [0.15, 0.2) is 22.8 Å². The molecule has 1 aromatic rings. The summed E-state index contributed by atoms with van der Waals surface area (Å²) in [5.74, 6) is 3.00. The maximum absolute atomic E-state index is 12.6. The fourth-order valence-electron chi connectivity index (χ4n) is 4.84. The molecular weight excluding hydrogens is 412 g/mol. The number of nitrogens with one attached hydrogen (secondary N) is 2. The van der Waals surface area contributed by atoms with E-state index in [-0.39, 0.29) is 18.4 Å². The van der Waals surface area contributed by atoms with Gasteiger partial charge in [0, 0.05) is 11.5 Å². The number of ether oxygens (including phenoxy) is 1. The molecule has 1 aliphatic heterocycles. The molecule has 158 valence electrons. The van der Waals surface area contributed by atoms with Gasteiger partial charge in [-0.25, -0.2) is 4.79 Å². The molecule has 4 rings (SSSR count). The van der Waals surface area contributed by atoms with Crippen LogP contribution in [0.4, 0.5) is 4.79 Å². The summed E-state index contributed by atoms with van der Waals surface area (Å²) in [5, 5.41) is 4.68. The molecule has 0 aromatic carbocycles. The quantitative estimate of drug-likeness (QED) is 0.682. The number of hydrogen-bond acceptors (Lipinski definition) is 7. The summed E-state index contributed by atoms with van der Waals surface area (Å²) in [7, 11) is 0. The first-order valence-electron chi connectivity index (χ1n) is 10.1. The SMILES string of the molecule is O=C(COC(=O)C1C[C@H]2CCC[C@@H](C1)C21SCCS1)NC(=O)NCc1ccco1. The smallest absolute Gasteiger partial charge is 0.321 e. The molecule has 3 fully saturated rings. The van der Waals surface area contributed by atoms with E-state index in [9.17, 15) is 14.4 Å². The van der Waals surface area contributed by atoms with Gasteiger partial charge in [-0.3, -0.25) is 14.9 Å². The maximum atomic E-state index is 12.6. The minimum absolute atomic E-state index is 0.140. The van der Waals surface area contributed by atoms with Crippen LogP contribution in [0.2, 0.25) is 0 Å². The number of amides is 3. The van der Waals surface area contributed by atoms with Crippen LogP contribution >= 0.6 is 23.5 Å². The lowest BCUT2D eigenvalue weighted by atomic mass is 9.67. The second kappa shape index (κ2) is 9.04. The van der Waals surface area contributed by atoms with E-state index in [0.29, 0.717) is 21.7 Å². The van der Waals surface area contributed by atoms with Crippen LogP contribution in [0, 0.1) is 17.8 Å². The number of urea groups is 1. The molecule has 1 spiro atoms. The molecule has 3 amide bonds. The zero-order chi connectivity index (χ0) is 20.3. The van der Waals surface area contributed by atoms with Crippen LogP contribution in [0.3, 0.4) is 0 Å². The summed E-state index contributed by atoms with van der Waals surface area (Å²) in [6.45, 7) is -0.262. The largest absolute Gasteiger partial charge is 0.467 e. The van der Waals surface area contributed by atoms with Crippen molar-refractivity contribution in [3.8, 4) is 0 Å². The first kappa shape index (κ1) is 20.7. The first-order valence-corrected chi connectivity index (χ1v) is 12.1. The van der Waals surface area contributed by atoms with Gasteiger partial charge in [0.25, 0.3) is 5.91 Å². The first-order chi connectivity index (χ1) is 14.1. The molecule has 1 aromatic heterocycles. The summed E-state index contributed by atoms with van der Waals surface area (Å²) in [4.78, 5) is 36.2. The number of carbonyl (C=O) groups excluding carboxylic acids is 3. The summed E-state index contributed by atoms with van der Waals surface area (Å²) in [6.07, 6.45) is 6.80. The van der Waals surface area contributed by atoms with Crippen molar-refractivity contribution in [1.29, 1.82) is 0 Å². The van der Waals surface area contributed by atoms with E-state index in [1.165, 1.54) is 37.0 Å². The van der Waals surface area contributed by atoms with Crippen molar-refractivity contribution in [1.82, 2.24) is 10.6 Å². The molecule has 2 heterocycles. The summed E-state index contributed by atoms with van der Waals surface area (Å²) >= 11 is 4.19. The topological polar surface area (TPSA) is 97.6 Å². The molecule has 3 aliphatic rings. The third-order valence-electron chi connectivity index (χ3n) is 6.06. The Morgan fingerprint density at radius 1 is 1.17 bits per heavy atom. The molecular formula is C20H26N2O5S2. The molecule has 2 saturated carbocycles. The Balaban J connectivity index is 1.21. The number of furan rings is 1. The van der Waals surface area contributed by atoms with Crippen molar-refractivity contribution in [2.24, 2.45) is 17.8 Å². The van der Waals surface area contributed by atoms with Crippen molar-refractivity contribution < 1.29 is 23.5 Å². The van der Waals surface area contributed by atoms with Gasteiger partial charge in [0.05, 0.1) is 22.8 Å². The highest BCUT2D eigenvalue weighted by Crippen LogP contribution is 2.64. The van der Waals surface area contributed by atoms with Gasteiger partial charge in [-0.1, -0.05) is 6.42 Å². The molecule has 7 nitrogen and oxygen atoms in total. The average molecular weight is 439 g/mol. The van der Waals surface area contributed by atoms with E-state index in [1.807, 2.05) is 0 Å². The molecule has 3 atom stereocenters. The van der Waals surface area contributed by atoms with Gasteiger partial charge >= 0.3 is 12.0 Å². The van der Waals surface area contributed by atoms with Crippen LogP contribution < -0.4 is 10.6 Å². The summed E-state index contributed by atoms with van der Waals surface area (Å²) in [5.41, 5.74) is 0. The Labute approximate surface area is 178 Å². The van der Waals surface area contributed by atoms with Crippen LogP contribution in [0.5, 0.6) is 0 Å². The Hall–Kier alpha value is -1.61. The van der Waals surface area contributed by atoms with Crippen LogP contribution in [-0.2, 0) is 20.9 Å². The van der Waals surface area contributed by atoms with E-state index >= 15 is 0 Å². The number of esters is 1. The lowest BCUT2D eigenvalue weighted by Gasteiger charge is -2.51. The predicted octanol–water partition coefficient (Wildman–Crippen LogP) is 3.15. The number of rotatable bonds is 5. The second-order valence-corrected chi connectivity index (χ2v) is 10.8. The zero-order valence-electron chi connectivity index (χ0n) is 16.2. The molecule has 29 heavy (non-hydrogen) atoms. The van der Waals surface area contributed by atoms with Crippen molar-refractivity contribution in [3.05, 3.63) is 24.2 Å². The average Bonchev–Trinajstić information content (AvgIpc) is 3.37. The molecule has 2 aliphatic carbocycles. The highest BCUT2D eigenvalue weighted by Gasteiger charge is 2.55. The monoisotopic (exact) mass is 438 g/mol. The number of thioether (sulfide) groups is 2. The van der Waals surface area contributed by atoms with Gasteiger partial charge in [0.15, 0.2) is 6.61 Å². The molecule has 0 radical (unpaired) electrons. The van der Waals surface area contributed by atoms with Crippen molar-refractivity contribution in [2.75, 3.05) is 18.1 Å². The molecule has 9 heteroatoms. The van der Waals surface area contributed by atoms with Gasteiger partial charge in [-0.15, -0.1) is 23.5 Å². The molecule has 1 saturated heterocycles. The number of hydrogen-bond donors (Lipinski definition) is 2. The van der Waals surface area contributed by atoms with Crippen molar-refractivity contribution >= 4 is 41.4 Å². The van der Waals surface area contributed by atoms with Gasteiger partial charge in [-0.2, -0.15) is 0 Å². The van der Waals surface area contributed by atoms with Crippen molar-refractivity contribution in [3.63, 3.8) is 0 Å². The molecule has 2 N–H and O–H groups in total. The van der Waals surface area contributed by atoms with E-state index in [0.717, 1.165) is 12.8 Å². The lowest BCUT2D eigenvalue weighted by molar-refractivity contribution is -0.155. The fraction of sp³-hybridized carbons (Fsp3) is 0.650. The summed E-state index contributed by atoms with van der Waals surface area (Å²) in [6, 6.07) is 2.79. The molecule has 1 unspecified atom stereocenters. The highest BCUT2D eigenvalue weighted by atomic mass is 32.2. The third-order valence-corrected chi connectivity index (χ3v) is 10.1. The summed E-state index contributed by atoms with van der Waals surface area (Å²) < 4.78 is 10.7. The van der Waals surface area contributed by atoms with Crippen molar-refractivity contribution in [2.45, 2.75) is 42.7 Å². The standard InChI is InChI=1S/C20H26N2O5S2/c23-17(22-19(25)21-11-16-5-2-6-26-16)12-27-18(24)13-9-14-3-1-4-15(10-13)20(14)28-7-8-29-20/h2,5-6,13-15H,1,3-4,7-12H2,(H2,21,22,23,25)/t13?,14-,15+. The lowest BCUT2D eigenvalue weighted by Crippen LogP contribution is -2.48. The Bertz CT molecular complexity index is 732. The number of carbonyl (C=O) groups is 3. The second-order valence-electron chi connectivity index (χ2n) is 7.83. The molecule has 2 bridgehead atoms. The van der Waals surface area contributed by atoms with Gasteiger partial charge in [0.2, 0.25) is 0 Å². The zero-order valence-corrected chi connectivity index (χ0v) is 17.8. The van der Waals surface area contributed by atoms with Gasteiger partial charge in [0.1, 0.15) is 5.76 Å². The minimum Gasteiger partial charge on any atom is -0.467 e. The predicted molar refractivity (Wildman–Crippen MR) is 111 cm³/mol. The minimum atomic E-state index is -0.646. The fourth-order valence-corrected chi connectivity index (χ4v) is 8.78. The Morgan fingerprint density at radius 3 is 2.55 bits per heavy atom. The maximum Gasteiger partial charge on any atom is 0.321 e. The number of imide groups is 1. The highest BCUT2D eigenvalue weighted by molar-refractivity contribution is 8.21. The van der Waals surface area contributed by atoms with Gasteiger partial charge in [-0.05, 0) is 49.7 Å². The van der Waals surface area contributed by atoms with Gasteiger partial charge < -0.3 is 14.5 Å². The van der Waals surface area contributed by atoms with Crippen LogP contribution in [-0.4, -0.2) is 40.1 Å². The van der Waals surface area contributed by atoms with Crippen LogP contribution in [0.1, 0.15) is 37.9 Å². The third kappa shape index (κ3) is 4.60. The Kier molecular flexibility index (Phi) is 6.44. The van der Waals surface area contributed by atoms with E-state index < -0.39 is 18.5 Å². The van der Waals surface area contributed by atoms with E-state index in [4.69, 9.17) is 9.15 Å².